The zero-order valence-electron chi connectivity index (χ0n) is 15.4. The van der Waals surface area contributed by atoms with Gasteiger partial charge in [-0.15, -0.1) is 10.2 Å². The van der Waals surface area contributed by atoms with Gasteiger partial charge in [-0.2, -0.15) is 0 Å². The van der Waals surface area contributed by atoms with Crippen molar-refractivity contribution in [1.29, 1.82) is 0 Å². The monoisotopic (exact) mass is 351 g/mol. The van der Waals surface area contributed by atoms with Crippen LogP contribution in [-0.4, -0.2) is 78.0 Å². The molecule has 1 aliphatic heterocycles. The summed E-state index contributed by atoms with van der Waals surface area (Å²) in [4.78, 5) is 17.7. The van der Waals surface area contributed by atoms with Crippen LogP contribution in [0.2, 0.25) is 0 Å². The van der Waals surface area contributed by atoms with E-state index in [2.05, 4.69) is 32.7 Å². The lowest BCUT2D eigenvalue weighted by molar-refractivity contribution is -0.127. The fraction of sp³-hybridized carbons (Fsp3) is 0.750. The largest absolute Gasteiger partial charge is 0.376 e. The number of guanidine groups is 1. The first-order valence-electron chi connectivity index (χ1n) is 8.80. The Morgan fingerprint density at radius 3 is 3.00 bits per heavy atom. The Kier molecular flexibility index (Phi) is 7.65. The van der Waals surface area contributed by atoms with Crippen molar-refractivity contribution in [1.82, 2.24) is 30.3 Å². The van der Waals surface area contributed by atoms with Crippen LogP contribution in [0.4, 0.5) is 0 Å². The number of hydrogen-bond acceptors (Lipinski definition) is 5. The Morgan fingerprint density at radius 1 is 1.48 bits per heavy atom. The molecule has 2 heterocycles. The molecular formula is C16H29N7O2. The molecule has 1 fully saturated rings. The first-order chi connectivity index (χ1) is 12.1. The maximum absolute atomic E-state index is 11.8. The van der Waals surface area contributed by atoms with Gasteiger partial charge in [-0.3, -0.25) is 4.79 Å². The van der Waals surface area contributed by atoms with E-state index < -0.39 is 0 Å². The number of hydrogen-bond donors (Lipinski definition) is 2. The first-order valence-corrected chi connectivity index (χ1v) is 8.80. The van der Waals surface area contributed by atoms with Crippen molar-refractivity contribution in [3.8, 4) is 0 Å². The minimum Gasteiger partial charge on any atom is -0.376 e. The lowest BCUT2D eigenvalue weighted by Gasteiger charge is -2.16. The summed E-state index contributed by atoms with van der Waals surface area (Å²) in [5.41, 5.74) is 0. The van der Waals surface area contributed by atoms with Gasteiger partial charge in [-0.05, 0) is 12.8 Å². The van der Waals surface area contributed by atoms with Crippen molar-refractivity contribution in [2.75, 3.05) is 40.3 Å². The first kappa shape index (κ1) is 19.2. The van der Waals surface area contributed by atoms with Crippen molar-refractivity contribution in [2.24, 2.45) is 4.99 Å². The summed E-state index contributed by atoms with van der Waals surface area (Å²) < 4.78 is 7.63. The van der Waals surface area contributed by atoms with Gasteiger partial charge in [0.2, 0.25) is 5.91 Å². The molecule has 0 bridgehead atoms. The molecule has 1 aromatic heterocycles. The maximum Gasteiger partial charge on any atom is 0.243 e. The van der Waals surface area contributed by atoms with Gasteiger partial charge in [0, 0.05) is 46.8 Å². The second kappa shape index (κ2) is 9.97. The van der Waals surface area contributed by atoms with Gasteiger partial charge in [0.15, 0.2) is 5.96 Å². The number of aliphatic imine (C=N–C) groups is 1. The summed E-state index contributed by atoms with van der Waals surface area (Å²) in [5, 5.41) is 14.5. The van der Waals surface area contributed by atoms with Gasteiger partial charge in [-0.25, -0.2) is 4.99 Å². The zero-order valence-corrected chi connectivity index (χ0v) is 15.4. The summed E-state index contributed by atoms with van der Waals surface area (Å²) in [5.74, 6) is 1.54. The molecule has 0 radical (unpaired) electrons. The normalized spacial score (nSPS) is 17.6. The van der Waals surface area contributed by atoms with Gasteiger partial charge < -0.3 is 24.8 Å². The van der Waals surface area contributed by atoms with Gasteiger partial charge in [-0.1, -0.05) is 6.92 Å². The average Bonchev–Trinajstić information content (AvgIpc) is 3.27. The molecule has 9 heteroatoms. The van der Waals surface area contributed by atoms with E-state index in [-0.39, 0.29) is 18.6 Å². The predicted octanol–water partition coefficient (Wildman–Crippen LogP) is -0.357. The second-order valence-electron chi connectivity index (χ2n) is 6.19. The molecule has 1 atom stereocenters. The van der Waals surface area contributed by atoms with Crippen LogP contribution in [0.15, 0.2) is 11.3 Å². The second-order valence-corrected chi connectivity index (χ2v) is 6.19. The van der Waals surface area contributed by atoms with Gasteiger partial charge in [0.05, 0.1) is 6.10 Å². The molecular weight excluding hydrogens is 322 g/mol. The number of carbonyl (C=O) groups excluding carboxylic acids is 1. The lowest BCUT2D eigenvalue weighted by Crippen LogP contribution is -2.43. The van der Waals surface area contributed by atoms with Crippen LogP contribution < -0.4 is 10.6 Å². The smallest absolute Gasteiger partial charge is 0.243 e. The van der Waals surface area contributed by atoms with Gasteiger partial charge in [0.25, 0.3) is 0 Å². The standard InChI is InChI=1S/C16H29N7O2/c1-4-14-21-20-12-23(14)8-7-17-16(19-11-15(24)22(2)3)18-10-13-6-5-9-25-13/h12-13H,4-11H2,1-3H3,(H2,17,18,19). The van der Waals surface area contributed by atoms with Crippen LogP contribution in [0.25, 0.3) is 0 Å². The molecule has 0 spiro atoms. The fourth-order valence-electron chi connectivity index (χ4n) is 2.51. The van der Waals surface area contributed by atoms with Crippen LogP contribution >= 0.6 is 0 Å². The van der Waals surface area contributed by atoms with Crippen LogP contribution in [-0.2, 0) is 22.5 Å². The number of nitrogens with zero attached hydrogens (tertiary/aromatic N) is 5. The van der Waals surface area contributed by atoms with Crippen LogP contribution in [0.5, 0.6) is 0 Å². The Hall–Kier alpha value is -2.16. The SMILES string of the molecule is CCc1nncn1CCNC(=NCC(=O)N(C)C)NCC1CCCO1. The van der Waals surface area contributed by atoms with Crippen molar-refractivity contribution in [3.05, 3.63) is 12.2 Å². The number of likely N-dealkylation sites (N-methyl/N-ethyl adjacent to an activating group) is 1. The highest BCUT2D eigenvalue weighted by Gasteiger charge is 2.15. The summed E-state index contributed by atoms with van der Waals surface area (Å²) in [6.45, 7) is 5.07. The highest BCUT2D eigenvalue weighted by atomic mass is 16.5. The average molecular weight is 351 g/mol. The van der Waals surface area contributed by atoms with Crippen molar-refractivity contribution in [3.63, 3.8) is 0 Å². The molecule has 25 heavy (non-hydrogen) atoms. The van der Waals surface area contributed by atoms with Crippen molar-refractivity contribution < 1.29 is 9.53 Å². The minimum absolute atomic E-state index is 0.0368. The molecule has 1 unspecified atom stereocenters. The van der Waals surface area contributed by atoms with E-state index in [4.69, 9.17) is 4.74 Å². The highest BCUT2D eigenvalue weighted by molar-refractivity contribution is 5.84. The molecule has 140 valence electrons. The number of nitrogens with one attached hydrogen (secondary N) is 2. The van der Waals surface area contributed by atoms with Crippen LogP contribution in [0.1, 0.15) is 25.6 Å². The molecule has 0 aromatic carbocycles. The third-order valence-electron chi connectivity index (χ3n) is 4.05. The topological polar surface area (TPSA) is 96.7 Å². The quantitative estimate of drug-likeness (QED) is 0.491. The summed E-state index contributed by atoms with van der Waals surface area (Å²) in [6, 6.07) is 0. The Morgan fingerprint density at radius 2 is 2.32 bits per heavy atom. The summed E-state index contributed by atoms with van der Waals surface area (Å²) >= 11 is 0. The van der Waals surface area contributed by atoms with E-state index in [0.717, 1.165) is 38.2 Å². The van der Waals surface area contributed by atoms with E-state index in [1.54, 1.807) is 20.4 Å². The Labute approximate surface area is 148 Å². The molecule has 0 saturated carbocycles. The Bertz CT molecular complexity index is 565. The molecule has 2 N–H and O–H groups in total. The van der Waals surface area contributed by atoms with E-state index in [1.165, 1.54) is 4.90 Å². The molecule has 9 nitrogen and oxygen atoms in total. The predicted molar refractivity (Wildman–Crippen MR) is 95.4 cm³/mol. The summed E-state index contributed by atoms with van der Waals surface area (Å²) in [7, 11) is 3.45. The highest BCUT2D eigenvalue weighted by Crippen LogP contribution is 2.10. The molecule has 1 aliphatic rings. The molecule has 1 saturated heterocycles. The molecule has 1 amide bonds. The van der Waals surface area contributed by atoms with Gasteiger partial charge in [0.1, 0.15) is 18.7 Å². The van der Waals surface area contributed by atoms with Crippen LogP contribution in [0, 0.1) is 0 Å². The number of carbonyl (C=O) groups is 1. The number of aryl methyl sites for hydroxylation is 1. The third kappa shape index (κ3) is 6.33. The number of rotatable bonds is 8. The fourth-order valence-corrected chi connectivity index (χ4v) is 2.51. The third-order valence-corrected chi connectivity index (χ3v) is 4.05. The van der Waals surface area contributed by atoms with E-state index >= 15 is 0 Å². The minimum atomic E-state index is -0.0368. The zero-order chi connectivity index (χ0) is 18.1. The molecule has 0 aliphatic carbocycles. The van der Waals surface area contributed by atoms with Crippen LogP contribution in [0.3, 0.4) is 0 Å². The van der Waals surface area contributed by atoms with E-state index in [0.29, 0.717) is 19.0 Å². The number of amides is 1. The number of ether oxygens (including phenoxy) is 1. The van der Waals surface area contributed by atoms with E-state index in [9.17, 15) is 4.79 Å². The summed E-state index contributed by atoms with van der Waals surface area (Å²) in [6.07, 6.45) is 4.93. The Balaban J connectivity index is 1.85. The van der Waals surface area contributed by atoms with Crippen molar-refractivity contribution in [2.45, 2.75) is 38.8 Å². The van der Waals surface area contributed by atoms with Crippen molar-refractivity contribution >= 4 is 11.9 Å². The number of aromatic nitrogens is 3. The lowest BCUT2D eigenvalue weighted by atomic mass is 10.2. The molecule has 2 rings (SSSR count). The van der Waals surface area contributed by atoms with Gasteiger partial charge >= 0.3 is 0 Å². The van der Waals surface area contributed by atoms with E-state index in [1.807, 2.05) is 4.57 Å². The maximum atomic E-state index is 11.8. The molecule has 1 aromatic rings.